The highest BCUT2D eigenvalue weighted by Gasteiger charge is 2.12. The van der Waals surface area contributed by atoms with Crippen LogP contribution in [0.3, 0.4) is 0 Å². The van der Waals surface area contributed by atoms with Crippen molar-refractivity contribution < 1.29 is 9.50 Å². The number of phenolic OH excluding ortho intramolecular Hbond substituents is 1. The van der Waals surface area contributed by atoms with Gasteiger partial charge in [-0.3, -0.25) is 0 Å². The third-order valence-electron chi connectivity index (χ3n) is 3.35. The maximum Gasteiger partial charge on any atom is 0.145 e. The molecule has 0 radical (unpaired) electrons. The summed E-state index contributed by atoms with van der Waals surface area (Å²) in [6, 6.07) is 10.2. The second kappa shape index (κ2) is 4.80. The third-order valence-corrected chi connectivity index (χ3v) is 3.64. The predicted octanol–water partition coefficient (Wildman–Crippen LogP) is 3.66. The number of benzene rings is 2. The summed E-state index contributed by atoms with van der Waals surface area (Å²) in [7, 11) is 1.91. The maximum absolute atomic E-state index is 13.2. The monoisotopic (exact) mass is 290 g/mol. The van der Waals surface area contributed by atoms with Crippen molar-refractivity contribution in [2.24, 2.45) is 7.05 Å². The first-order valence-corrected chi connectivity index (χ1v) is 6.51. The van der Waals surface area contributed by atoms with Gasteiger partial charge in [0.2, 0.25) is 0 Å². The Kier molecular flexibility index (Phi) is 3.10. The van der Waals surface area contributed by atoms with Gasteiger partial charge < -0.3 is 9.67 Å². The standard InChI is InChI=1S/C15H12ClFN2O/c1-19-13-5-3-2-4-12(13)18-15(19)7-9-6-10(16)11(17)8-14(9)20/h2-6,8,20H,7H2,1H3. The number of aromatic nitrogens is 2. The molecule has 20 heavy (non-hydrogen) atoms. The molecule has 1 heterocycles. The van der Waals surface area contributed by atoms with E-state index < -0.39 is 5.82 Å². The molecule has 0 aliphatic rings. The molecular weight excluding hydrogens is 279 g/mol. The second-order valence-corrected chi connectivity index (χ2v) is 5.05. The van der Waals surface area contributed by atoms with Gasteiger partial charge in [0.05, 0.1) is 16.1 Å². The fourth-order valence-electron chi connectivity index (χ4n) is 2.24. The van der Waals surface area contributed by atoms with Crippen LogP contribution in [-0.4, -0.2) is 14.7 Å². The highest BCUT2D eigenvalue weighted by molar-refractivity contribution is 6.30. The van der Waals surface area contributed by atoms with Crippen LogP contribution in [0, 0.1) is 5.82 Å². The lowest BCUT2D eigenvalue weighted by Crippen LogP contribution is -2.00. The van der Waals surface area contributed by atoms with E-state index in [1.165, 1.54) is 6.07 Å². The molecule has 5 heteroatoms. The van der Waals surface area contributed by atoms with Gasteiger partial charge in [-0.1, -0.05) is 23.7 Å². The van der Waals surface area contributed by atoms with Crippen molar-refractivity contribution in [2.45, 2.75) is 6.42 Å². The fraction of sp³-hybridized carbons (Fsp3) is 0.133. The Morgan fingerprint density at radius 3 is 2.80 bits per heavy atom. The van der Waals surface area contributed by atoms with E-state index in [9.17, 15) is 9.50 Å². The number of rotatable bonds is 2. The molecular formula is C15H12ClFN2O. The van der Waals surface area contributed by atoms with E-state index in [0.29, 0.717) is 12.0 Å². The van der Waals surface area contributed by atoms with Gasteiger partial charge in [-0.15, -0.1) is 0 Å². The van der Waals surface area contributed by atoms with Gasteiger partial charge in [0.25, 0.3) is 0 Å². The zero-order valence-corrected chi connectivity index (χ0v) is 11.5. The lowest BCUT2D eigenvalue weighted by Gasteiger charge is -2.06. The lowest BCUT2D eigenvalue weighted by molar-refractivity contribution is 0.462. The molecule has 0 atom stereocenters. The van der Waals surface area contributed by atoms with E-state index in [-0.39, 0.29) is 10.8 Å². The number of hydrogen-bond donors (Lipinski definition) is 1. The summed E-state index contributed by atoms with van der Waals surface area (Å²) in [6.07, 6.45) is 0.386. The minimum atomic E-state index is -0.627. The van der Waals surface area contributed by atoms with E-state index in [1.54, 1.807) is 0 Å². The van der Waals surface area contributed by atoms with Crippen molar-refractivity contribution in [1.29, 1.82) is 0 Å². The van der Waals surface area contributed by atoms with Crippen LogP contribution in [0.2, 0.25) is 5.02 Å². The predicted molar refractivity (Wildman–Crippen MR) is 76.6 cm³/mol. The van der Waals surface area contributed by atoms with Crippen LogP contribution < -0.4 is 0 Å². The Hall–Kier alpha value is -2.07. The average Bonchev–Trinajstić information content (AvgIpc) is 2.73. The molecule has 1 N–H and O–H groups in total. The van der Waals surface area contributed by atoms with Crippen LogP contribution in [0.5, 0.6) is 5.75 Å². The molecule has 0 aliphatic heterocycles. The molecule has 0 bridgehead atoms. The molecule has 2 aromatic carbocycles. The van der Waals surface area contributed by atoms with Crippen LogP contribution >= 0.6 is 11.6 Å². The van der Waals surface area contributed by atoms with Gasteiger partial charge in [-0.25, -0.2) is 9.37 Å². The maximum atomic E-state index is 13.2. The van der Waals surface area contributed by atoms with Crippen LogP contribution in [-0.2, 0) is 13.5 Å². The Morgan fingerprint density at radius 1 is 1.30 bits per heavy atom. The minimum absolute atomic E-state index is 0.00318. The first-order chi connectivity index (χ1) is 9.56. The molecule has 0 spiro atoms. The first-order valence-electron chi connectivity index (χ1n) is 6.13. The van der Waals surface area contributed by atoms with E-state index in [2.05, 4.69) is 4.98 Å². The van der Waals surface area contributed by atoms with E-state index in [4.69, 9.17) is 11.6 Å². The zero-order chi connectivity index (χ0) is 14.3. The van der Waals surface area contributed by atoms with Gasteiger partial charge in [-0.05, 0) is 18.2 Å². The van der Waals surface area contributed by atoms with Crippen molar-refractivity contribution in [3.8, 4) is 5.75 Å². The molecule has 0 unspecified atom stereocenters. The molecule has 0 fully saturated rings. The molecule has 1 aromatic heterocycles. The summed E-state index contributed by atoms with van der Waals surface area (Å²) in [6.45, 7) is 0. The number of imidazole rings is 1. The van der Waals surface area contributed by atoms with E-state index in [1.807, 2.05) is 35.9 Å². The largest absolute Gasteiger partial charge is 0.508 e. The zero-order valence-electron chi connectivity index (χ0n) is 10.8. The van der Waals surface area contributed by atoms with Gasteiger partial charge in [0.15, 0.2) is 0 Å². The highest BCUT2D eigenvalue weighted by Crippen LogP contribution is 2.27. The normalized spacial score (nSPS) is 11.2. The van der Waals surface area contributed by atoms with Crippen LogP contribution in [0.1, 0.15) is 11.4 Å². The smallest absolute Gasteiger partial charge is 0.145 e. The molecule has 102 valence electrons. The summed E-state index contributed by atoms with van der Waals surface area (Å²) in [5, 5.41) is 9.80. The third kappa shape index (κ3) is 2.12. The van der Waals surface area contributed by atoms with Gasteiger partial charge in [0, 0.05) is 25.1 Å². The number of fused-ring (bicyclic) bond motifs is 1. The Balaban J connectivity index is 2.05. The second-order valence-electron chi connectivity index (χ2n) is 4.65. The van der Waals surface area contributed by atoms with Crippen molar-refractivity contribution in [3.05, 3.63) is 58.6 Å². The number of hydrogen-bond acceptors (Lipinski definition) is 2. The number of nitrogens with zero attached hydrogens (tertiary/aromatic N) is 2. The van der Waals surface area contributed by atoms with Crippen molar-refractivity contribution in [1.82, 2.24) is 9.55 Å². The fourth-order valence-corrected chi connectivity index (χ4v) is 2.43. The number of halogens is 2. The van der Waals surface area contributed by atoms with Crippen LogP contribution in [0.25, 0.3) is 11.0 Å². The molecule has 3 aromatic rings. The van der Waals surface area contributed by atoms with Crippen LogP contribution in [0.15, 0.2) is 36.4 Å². The molecule has 3 rings (SSSR count). The topological polar surface area (TPSA) is 38.0 Å². The lowest BCUT2D eigenvalue weighted by atomic mass is 10.1. The summed E-state index contributed by atoms with van der Waals surface area (Å²) >= 11 is 5.76. The number of para-hydroxylation sites is 2. The first kappa shape index (κ1) is 12.9. The summed E-state index contributed by atoms with van der Waals surface area (Å²) < 4.78 is 15.2. The molecule has 0 saturated carbocycles. The highest BCUT2D eigenvalue weighted by atomic mass is 35.5. The number of phenols is 1. The summed E-state index contributed by atoms with van der Waals surface area (Å²) in [5.74, 6) is 0.0426. The van der Waals surface area contributed by atoms with E-state index >= 15 is 0 Å². The quantitative estimate of drug-likeness (QED) is 0.782. The number of aromatic hydroxyl groups is 1. The molecule has 0 aliphatic carbocycles. The van der Waals surface area contributed by atoms with Gasteiger partial charge >= 0.3 is 0 Å². The summed E-state index contributed by atoms with van der Waals surface area (Å²) in [4.78, 5) is 4.52. The van der Waals surface area contributed by atoms with E-state index in [0.717, 1.165) is 22.9 Å². The molecule has 0 amide bonds. The SMILES string of the molecule is Cn1c(Cc2cc(Cl)c(F)cc2O)nc2ccccc21. The van der Waals surface area contributed by atoms with Crippen LogP contribution in [0.4, 0.5) is 4.39 Å². The Labute approximate surface area is 120 Å². The van der Waals surface area contributed by atoms with Gasteiger partial charge in [-0.2, -0.15) is 0 Å². The summed E-state index contributed by atoms with van der Waals surface area (Å²) in [5.41, 5.74) is 2.45. The Bertz CT molecular complexity index is 798. The Morgan fingerprint density at radius 2 is 2.05 bits per heavy atom. The van der Waals surface area contributed by atoms with Crippen molar-refractivity contribution in [2.75, 3.05) is 0 Å². The van der Waals surface area contributed by atoms with Gasteiger partial charge in [0.1, 0.15) is 17.4 Å². The van der Waals surface area contributed by atoms with Crippen molar-refractivity contribution >= 4 is 22.6 Å². The molecule has 3 nitrogen and oxygen atoms in total. The average molecular weight is 291 g/mol. The van der Waals surface area contributed by atoms with Crippen molar-refractivity contribution in [3.63, 3.8) is 0 Å². The molecule has 0 saturated heterocycles. The number of aryl methyl sites for hydroxylation is 1. The minimum Gasteiger partial charge on any atom is -0.508 e.